The Labute approximate surface area is 129 Å². The lowest BCUT2D eigenvalue weighted by molar-refractivity contribution is 0.193. The van der Waals surface area contributed by atoms with E-state index >= 15 is 0 Å². The van der Waals surface area contributed by atoms with Crippen LogP contribution < -0.4 is 5.73 Å². The predicted molar refractivity (Wildman–Crippen MR) is 81.7 cm³/mol. The first-order valence-electron chi connectivity index (χ1n) is 6.57. The van der Waals surface area contributed by atoms with Crippen molar-refractivity contribution in [3.63, 3.8) is 0 Å². The van der Waals surface area contributed by atoms with E-state index < -0.39 is 0 Å². The molecule has 1 fully saturated rings. The summed E-state index contributed by atoms with van der Waals surface area (Å²) < 4.78 is 7.21. The normalized spacial score (nSPS) is 18.6. The fourth-order valence-electron chi connectivity index (χ4n) is 2.44. The van der Waals surface area contributed by atoms with Gasteiger partial charge < -0.3 is 10.5 Å². The third kappa shape index (κ3) is 2.17. The number of aromatic nitrogens is 4. The summed E-state index contributed by atoms with van der Waals surface area (Å²) in [7, 11) is 0. The molecule has 21 heavy (non-hydrogen) atoms. The molecule has 108 valence electrons. The van der Waals surface area contributed by atoms with Crippen LogP contribution in [0, 0.1) is 0 Å². The molecule has 1 aliphatic rings. The summed E-state index contributed by atoms with van der Waals surface area (Å²) >= 11 is 7.71. The highest BCUT2D eigenvalue weighted by molar-refractivity contribution is 7.19. The minimum atomic E-state index is 0.261. The molecule has 1 atom stereocenters. The average Bonchev–Trinajstić information content (AvgIpc) is 3.13. The van der Waals surface area contributed by atoms with Gasteiger partial charge in [0.05, 0.1) is 11.6 Å². The first-order valence-corrected chi connectivity index (χ1v) is 7.77. The Morgan fingerprint density at radius 2 is 2.29 bits per heavy atom. The Hall–Kier alpha value is -1.70. The van der Waals surface area contributed by atoms with E-state index in [-0.39, 0.29) is 5.92 Å². The van der Waals surface area contributed by atoms with Crippen LogP contribution in [0.1, 0.15) is 18.2 Å². The molecule has 3 aromatic rings. The van der Waals surface area contributed by atoms with E-state index in [0.29, 0.717) is 17.3 Å². The van der Waals surface area contributed by atoms with Crippen LogP contribution in [0.15, 0.2) is 18.2 Å². The molecule has 0 bridgehead atoms. The van der Waals surface area contributed by atoms with Gasteiger partial charge in [0.2, 0.25) is 4.96 Å². The van der Waals surface area contributed by atoms with Crippen molar-refractivity contribution in [2.45, 2.75) is 12.3 Å². The molecule has 8 heteroatoms. The number of fused-ring (bicyclic) bond motifs is 1. The minimum Gasteiger partial charge on any atom is -0.399 e. The summed E-state index contributed by atoms with van der Waals surface area (Å²) in [6, 6.07) is 5.42. The van der Waals surface area contributed by atoms with E-state index in [9.17, 15) is 0 Å². The van der Waals surface area contributed by atoms with Crippen LogP contribution in [0.5, 0.6) is 0 Å². The van der Waals surface area contributed by atoms with Crippen molar-refractivity contribution in [3.8, 4) is 10.6 Å². The largest absolute Gasteiger partial charge is 0.399 e. The van der Waals surface area contributed by atoms with Crippen molar-refractivity contribution in [1.29, 1.82) is 0 Å². The van der Waals surface area contributed by atoms with Gasteiger partial charge in [-0.1, -0.05) is 22.9 Å². The second-order valence-electron chi connectivity index (χ2n) is 4.96. The molecule has 1 unspecified atom stereocenters. The number of hydrogen-bond acceptors (Lipinski definition) is 6. The summed E-state index contributed by atoms with van der Waals surface area (Å²) in [5, 5.41) is 14.4. The number of nitrogen functional groups attached to an aromatic ring is 1. The van der Waals surface area contributed by atoms with E-state index in [2.05, 4.69) is 15.3 Å². The fourth-order valence-corrected chi connectivity index (χ4v) is 3.66. The molecule has 0 spiro atoms. The van der Waals surface area contributed by atoms with Crippen molar-refractivity contribution < 1.29 is 4.74 Å². The molecule has 1 aromatic carbocycles. The lowest BCUT2D eigenvalue weighted by Crippen LogP contribution is -2.04. The van der Waals surface area contributed by atoms with E-state index in [0.717, 1.165) is 34.4 Å². The zero-order chi connectivity index (χ0) is 14.4. The molecule has 3 heterocycles. The third-order valence-electron chi connectivity index (χ3n) is 3.53. The molecule has 4 rings (SSSR count). The Balaban J connectivity index is 1.80. The van der Waals surface area contributed by atoms with Crippen LogP contribution >= 0.6 is 22.9 Å². The van der Waals surface area contributed by atoms with Crippen LogP contribution in [-0.2, 0) is 4.74 Å². The van der Waals surface area contributed by atoms with E-state index in [1.807, 2.05) is 12.1 Å². The molecular formula is C13H12ClN5OS. The van der Waals surface area contributed by atoms with Gasteiger partial charge in [-0.25, -0.2) is 0 Å². The number of halogens is 1. The van der Waals surface area contributed by atoms with Crippen LogP contribution in [-0.4, -0.2) is 33.0 Å². The van der Waals surface area contributed by atoms with Crippen molar-refractivity contribution in [3.05, 3.63) is 29.0 Å². The highest BCUT2D eigenvalue weighted by Gasteiger charge is 2.25. The first-order chi connectivity index (χ1) is 10.2. The predicted octanol–water partition coefficient (Wildman–Crippen LogP) is 2.59. The summed E-state index contributed by atoms with van der Waals surface area (Å²) in [5.74, 6) is 1.12. The van der Waals surface area contributed by atoms with Crippen LogP contribution in [0.2, 0.25) is 5.02 Å². The van der Waals surface area contributed by atoms with Crippen molar-refractivity contribution in [2.24, 2.45) is 0 Å². The second-order valence-corrected chi connectivity index (χ2v) is 6.32. The van der Waals surface area contributed by atoms with Gasteiger partial charge in [0.25, 0.3) is 0 Å². The van der Waals surface area contributed by atoms with Gasteiger partial charge in [0, 0.05) is 23.8 Å². The highest BCUT2D eigenvalue weighted by Crippen LogP contribution is 2.33. The van der Waals surface area contributed by atoms with E-state index in [1.54, 1.807) is 10.6 Å². The summed E-state index contributed by atoms with van der Waals surface area (Å²) in [6.07, 6.45) is 0.955. The lowest BCUT2D eigenvalue weighted by atomic mass is 10.1. The molecule has 1 saturated heterocycles. The number of hydrogen-bond donors (Lipinski definition) is 1. The molecule has 0 saturated carbocycles. The Morgan fingerprint density at radius 1 is 1.38 bits per heavy atom. The molecule has 0 aliphatic carbocycles. The Bertz CT molecular complexity index is 808. The Morgan fingerprint density at radius 3 is 3.05 bits per heavy atom. The quantitative estimate of drug-likeness (QED) is 0.734. The molecule has 2 aromatic heterocycles. The standard InChI is InChI=1S/C13H12ClN5OS/c14-10-5-8(15)1-2-9(10)12-18-19-11(7-3-4-20-6-7)16-17-13(19)21-12/h1-2,5,7H,3-4,6,15H2. The number of nitrogens with two attached hydrogens (primary N) is 1. The first kappa shape index (κ1) is 13.0. The van der Waals surface area contributed by atoms with Gasteiger partial charge in [-0.3, -0.25) is 0 Å². The monoisotopic (exact) mass is 321 g/mol. The van der Waals surface area contributed by atoms with Gasteiger partial charge >= 0.3 is 0 Å². The lowest BCUT2D eigenvalue weighted by Gasteiger charge is -2.03. The number of rotatable bonds is 2. The zero-order valence-corrected chi connectivity index (χ0v) is 12.6. The van der Waals surface area contributed by atoms with Gasteiger partial charge in [0.15, 0.2) is 5.82 Å². The van der Waals surface area contributed by atoms with Crippen LogP contribution in [0.4, 0.5) is 5.69 Å². The van der Waals surface area contributed by atoms with E-state index in [4.69, 9.17) is 22.1 Å². The average molecular weight is 322 g/mol. The molecule has 1 aliphatic heterocycles. The maximum atomic E-state index is 6.25. The van der Waals surface area contributed by atoms with Gasteiger partial charge in [-0.05, 0) is 24.6 Å². The maximum Gasteiger partial charge on any atom is 0.234 e. The Kier molecular flexibility index (Phi) is 3.06. The van der Waals surface area contributed by atoms with Gasteiger partial charge in [-0.2, -0.15) is 9.61 Å². The summed E-state index contributed by atoms with van der Waals surface area (Å²) in [5.41, 5.74) is 7.22. The number of nitrogens with zero attached hydrogens (tertiary/aromatic N) is 4. The van der Waals surface area contributed by atoms with Crippen molar-refractivity contribution in [1.82, 2.24) is 19.8 Å². The number of anilines is 1. The third-order valence-corrected chi connectivity index (χ3v) is 4.78. The topological polar surface area (TPSA) is 78.3 Å². The zero-order valence-electron chi connectivity index (χ0n) is 11.0. The molecule has 0 radical (unpaired) electrons. The van der Waals surface area contributed by atoms with Gasteiger partial charge in [-0.15, -0.1) is 10.2 Å². The number of ether oxygens (including phenoxy) is 1. The maximum absolute atomic E-state index is 6.25. The smallest absolute Gasteiger partial charge is 0.234 e. The minimum absolute atomic E-state index is 0.261. The highest BCUT2D eigenvalue weighted by atomic mass is 35.5. The van der Waals surface area contributed by atoms with Gasteiger partial charge in [0.1, 0.15) is 5.01 Å². The molecule has 2 N–H and O–H groups in total. The SMILES string of the molecule is Nc1ccc(-c2nn3c(C4CCOC4)nnc3s2)c(Cl)c1. The summed E-state index contributed by atoms with van der Waals surface area (Å²) in [6.45, 7) is 1.44. The number of benzene rings is 1. The van der Waals surface area contributed by atoms with E-state index in [1.165, 1.54) is 11.3 Å². The van der Waals surface area contributed by atoms with Crippen molar-refractivity contribution in [2.75, 3.05) is 18.9 Å². The van der Waals surface area contributed by atoms with Crippen LogP contribution in [0.25, 0.3) is 15.5 Å². The molecule has 0 amide bonds. The van der Waals surface area contributed by atoms with Crippen molar-refractivity contribution >= 4 is 33.6 Å². The molecule has 6 nitrogen and oxygen atoms in total. The second kappa shape index (κ2) is 4.94. The summed E-state index contributed by atoms with van der Waals surface area (Å²) in [4.78, 5) is 0.764. The van der Waals surface area contributed by atoms with Crippen LogP contribution in [0.3, 0.4) is 0 Å². The fraction of sp³-hybridized carbons (Fsp3) is 0.308. The molecular weight excluding hydrogens is 310 g/mol.